The SMILES string of the molecule is C=C[C@]1(C)C[C@@H](OC(=O)NC(=O)c2ccc(NC(C)=O)nc2)[C@]2(C)C(C)CC[C@]3(C[C@H](O)C(=O)C32)[C@@H](C)[C@@H]1O. The fourth-order valence-corrected chi connectivity index (χ4v) is 7.59. The summed E-state index contributed by atoms with van der Waals surface area (Å²) in [5.41, 5.74) is -2.28. The molecule has 39 heavy (non-hydrogen) atoms. The summed E-state index contributed by atoms with van der Waals surface area (Å²) in [6.45, 7) is 13.1. The minimum Gasteiger partial charge on any atom is -0.445 e. The van der Waals surface area contributed by atoms with E-state index in [2.05, 4.69) is 22.2 Å². The standard InChI is InChI=1S/C29H39N3O7/c1-7-27(5)13-20(39-26(38)32-25(37)18-8-9-21(30-14-18)31-17(4)33)28(6)15(2)10-11-29(16(3)24(27)36)12-19(34)22(35)23(28)29/h7-9,14-16,19-20,23-24,34,36H,1,10-13H2,2-6H3,(H,30,31,33)(H,32,37,38)/t15?,16-,19-,20+,23?,24-,27+,28-,29-/m0/s1. The Hall–Kier alpha value is -3.11. The molecule has 1 aromatic rings. The summed E-state index contributed by atoms with van der Waals surface area (Å²) < 4.78 is 5.98. The summed E-state index contributed by atoms with van der Waals surface area (Å²) in [5.74, 6) is -2.03. The van der Waals surface area contributed by atoms with Crippen molar-refractivity contribution in [2.45, 2.75) is 78.6 Å². The number of anilines is 1. The second kappa shape index (κ2) is 10.1. The van der Waals surface area contributed by atoms with Crippen LogP contribution in [0.25, 0.3) is 0 Å². The molecule has 3 aliphatic carbocycles. The first-order valence-corrected chi connectivity index (χ1v) is 13.5. The number of imide groups is 1. The number of aliphatic hydroxyl groups is 2. The molecule has 3 saturated carbocycles. The molecule has 4 N–H and O–H groups in total. The number of aromatic nitrogens is 1. The van der Waals surface area contributed by atoms with Crippen molar-refractivity contribution in [2.24, 2.45) is 34.0 Å². The van der Waals surface area contributed by atoms with Gasteiger partial charge in [0.05, 0.1) is 11.7 Å². The van der Waals surface area contributed by atoms with E-state index < -0.39 is 52.5 Å². The van der Waals surface area contributed by atoms with Gasteiger partial charge in [-0.05, 0) is 55.1 Å². The Labute approximate surface area is 228 Å². The summed E-state index contributed by atoms with van der Waals surface area (Å²) in [4.78, 5) is 54.7. The van der Waals surface area contributed by atoms with Crippen LogP contribution < -0.4 is 10.6 Å². The van der Waals surface area contributed by atoms with Gasteiger partial charge in [-0.25, -0.2) is 9.78 Å². The summed E-state index contributed by atoms with van der Waals surface area (Å²) in [6.07, 6.45) is 0.867. The maximum absolute atomic E-state index is 13.5. The molecule has 4 rings (SSSR count). The Morgan fingerprint density at radius 2 is 1.87 bits per heavy atom. The van der Waals surface area contributed by atoms with E-state index in [0.29, 0.717) is 6.42 Å². The number of ketones is 1. The van der Waals surface area contributed by atoms with Gasteiger partial charge in [0, 0.05) is 29.9 Å². The third kappa shape index (κ3) is 4.67. The lowest BCUT2D eigenvalue weighted by atomic mass is 9.44. The number of nitrogens with zero attached hydrogens (tertiary/aromatic N) is 1. The molecular formula is C29H39N3O7. The first-order chi connectivity index (χ1) is 18.2. The zero-order valence-electron chi connectivity index (χ0n) is 23.2. The van der Waals surface area contributed by atoms with Gasteiger partial charge in [0.25, 0.3) is 5.91 Å². The Morgan fingerprint density at radius 1 is 1.18 bits per heavy atom. The first kappa shape index (κ1) is 28.9. The van der Waals surface area contributed by atoms with E-state index in [0.717, 1.165) is 6.42 Å². The van der Waals surface area contributed by atoms with Gasteiger partial charge in [0.15, 0.2) is 5.78 Å². The van der Waals surface area contributed by atoms with Crippen molar-refractivity contribution in [3.05, 3.63) is 36.5 Å². The van der Waals surface area contributed by atoms with Gasteiger partial charge in [-0.3, -0.25) is 19.7 Å². The second-order valence-electron chi connectivity index (χ2n) is 12.2. The van der Waals surface area contributed by atoms with Crippen LogP contribution in [-0.2, 0) is 14.3 Å². The van der Waals surface area contributed by atoms with E-state index in [1.54, 1.807) is 6.08 Å². The molecule has 0 radical (unpaired) electrons. The van der Waals surface area contributed by atoms with Gasteiger partial charge < -0.3 is 20.3 Å². The number of ether oxygens (including phenoxy) is 1. The number of hydrogen-bond donors (Lipinski definition) is 4. The predicted octanol–water partition coefficient (Wildman–Crippen LogP) is 3.24. The molecule has 2 bridgehead atoms. The molecule has 9 atom stereocenters. The Morgan fingerprint density at radius 3 is 2.46 bits per heavy atom. The highest BCUT2D eigenvalue weighted by Gasteiger charge is 2.70. The molecule has 1 heterocycles. The Balaban J connectivity index is 1.66. The van der Waals surface area contributed by atoms with E-state index in [9.17, 15) is 29.4 Å². The molecule has 0 saturated heterocycles. The smallest absolute Gasteiger partial charge is 0.414 e. The zero-order chi connectivity index (χ0) is 28.9. The van der Waals surface area contributed by atoms with Crippen molar-refractivity contribution in [2.75, 3.05) is 5.32 Å². The van der Waals surface area contributed by atoms with Crippen LogP contribution in [0.15, 0.2) is 31.0 Å². The largest absolute Gasteiger partial charge is 0.445 e. The lowest BCUT2D eigenvalue weighted by Gasteiger charge is -2.61. The summed E-state index contributed by atoms with van der Waals surface area (Å²) in [5, 5.41) is 27.1. The highest BCUT2D eigenvalue weighted by Crippen LogP contribution is 2.68. The first-order valence-electron chi connectivity index (χ1n) is 13.5. The molecule has 2 unspecified atom stereocenters. The van der Waals surface area contributed by atoms with E-state index >= 15 is 0 Å². The van der Waals surface area contributed by atoms with Gasteiger partial charge in [-0.2, -0.15) is 0 Å². The average molecular weight is 542 g/mol. The number of pyridine rings is 1. The molecule has 0 spiro atoms. The van der Waals surface area contributed by atoms with Crippen LogP contribution in [-0.4, -0.2) is 57.2 Å². The molecule has 0 aliphatic heterocycles. The normalized spacial score (nSPS) is 39.5. The van der Waals surface area contributed by atoms with Crippen molar-refractivity contribution in [3.63, 3.8) is 0 Å². The number of aliphatic hydroxyl groups excluding tert-OH is 2. The quantitative estimate of drug-likeness (QED) is 0.424. The Kier molecular flexibility index (Phi) is 7.50. The van der Waals surface area contributed by atoms with Gasteiger partial charge in [0.1, 0.15) is 18.0 Å². The molecule has 212 valence electrons. The molecule has 3 amide bonds. The molecule has 3 fully saturated rings. The molecule has 3 aliphatic rings. The van der Waals surface area contributed by atoms with Crippen molar-refractivity contribution in [1.82, 2.24) is 10.3 Å². The van der Waals surface area contributed by atoms with E-state index in [1.807, 2.05) is 27.7 Å². The number of nitrogens with one attached hydrogen (secondary N) is 2. The molecular weight excluding hydrogens is 502 g/mol. The molecule has 10 heteroatoms. The summed E-state index contributed by atoms with van der Waals surface area (Å²) >= 11 is 0. The number of rotatable bonds is 4. The van der Waals surface area contributed by atoms with Gasteiger partial charge >= 0.3 is 6.09 Å². The third-order valence-corrected chi connectivity index (χ3v) is 10.1. The van der Waals surface area contributed by atoms with Gasteiger partial charge in [-0.1, -0.05) is 33.8 Å². The second-order valence-corrected chi connectivity index (χ2v) is 12.2. The minimum absolute atomic E-state index is 0.0413. The fourth-order valence-electron chi connectivity index (χ4n) is 7.59. The topological polar surface area (TPSA) is 155 Å². The number of Topliss-reactive ketones (excluding diaryl/α,β-unsaturated/α-hetero) is 1. The van der Waals surface area contributed by atoms with Gasteiger partial charge in [-0.15, -0.1) is 6.58 Å². The van der Waals surface area contributed by atoms with Crippen molar-refractivity contribution < 1.29 is 34.1 Å². The van der Waals surface area contributed by atoms with Crippen LogP contribution in [0.4, 0.5) is 10.6 Å². The van der Waals surface area contributed by atoms with E-state index in [1.165, 1.54) is 25.3 Å². The minimum atomic E-state index is -1.15. The van der Waals surface area contributed by atoms with Crippen LogP contribution in [0.2, 0.25) is 0 Å². The average Bonchev–Trinajstić information content (AvgIpc) is 3.15. The molecule has 10 nitrogen and oxygen atoms in total. The summed E-state index contributed by atoms with van der Waals surface area (Å²) in [7, 11) is 0. The van der Waals surface area contributed by atoms with Crippen molar-refractivity contribution in [3.8, 4) is 0 Å². The predicted molar refractivity (Wildman–Crippen MR) is 142 cm³/mol. The lowest BCUT2D eigenvalue weighted by Crippen LogP contribution is -2.63. The van der Waals surface area contributed by atoms with Crippen molar-refractivity contribution in [1.29, 1.82) is 0 Å². The number of alkyl carbamates (subject to hydrolysis) is 1. The number of amides is 3. The van der Waals surface area contributed by atoms with E-state index in [-0.39, 0.29) is 47.7 Å². The Bertz CT molecular complexity index is 1190. The zero-order valence-corrected chi connectivity index (χ0v) is 23.2. The monoisotopic (exact) mass is 541 g/mol. The number of hydrogen-bond acceptors (Lipinski definition) is 8. The van der Waals surface area contributed by atoms with Crippen LogP contribution in [0, 0.1) is 34.0 Å². The maximum Gasteiger partial charge on any atom is 0.414 e. The van der Waals surface area contributed by atoms with Gasteiger partial charge in [0.2, 0.25) is 5.91 Å². The third-order valence-electron chi connectivity index (χ3n) is 10.1. The number of carbonyl (C=O) groups is 4. The summed E-state index contributed by atoms with van der Waals surface area (Å²) in [6, 6.07) is 2.86. The molecule has 0 aromatic carbocycles. The van der Waals surface area contributed by atoms with Crippen molar-refractivity contribution >= 4 is 29.5 Å². The fraction of sp³-hybridized carbons (Fsp3) is 0.621. The van der Waals surface area contributed by atoms with Crippen LogP contribution in [0.3, 0.4) is 0 Å². The van der Waals surface area contributed by atoms with Crippen LogP contribution in [0.1, 0.15) is 70.7 Å². The highest BCUT2D eigenvalue weighted by molar-refractivity contribution is 6.03. The maximum atomic E-state index is 13.5. The van der Waals surface area contributed by atoms with Crippen LogP contribution >= 0.6 is 0 Å². The van der Waals surface area contributed by atoms with Crippen LogP contribution in [0.5, 0.6) is 0 Å². The van der Waals surface area contributed by atoms with E-state index in [4.69, 9.17) is 4.74 Å². The number of carbonyl (C=O) groups excluding carboxylic acids is 4. The molecule has 1 aromatic heterocycles. The highest BCUT2D eigenvalue weighted by atomic mass is 16.6. The lowest BCUT2D eigenvalue weighted by molar-refractivity contribution is -0.191.